The van der Waals surface area contributed by atoms with Gasteiger partial charge in [0.2, 0.25) is 0 Å². The molecule has 1 N–H and O–H groups in total. The third kappa shape index (κ3) is 2.23. The van der Waals surface area contributed by atoms with Crippen molar-refractivity contribution in [2.24, 2.45) is 5.92 Å². The molecule has 3 atom stereocenters. The molecule has 1 saturated carbocycles. The van der Waals surface area contributed by atoms with E-state index in [1.54, 1.807) is 0 Å². The van der Waals surface area contributed by atoms with E-state index in [1.807, 2.05) is 0 Å². The number of para-hydroxylation sites is 1. The lowest BCUT2D eigenvalue weighted by molar-refractivity contribution is 0.0608. The van der Waals surface area contributed by atoms with Crippen LogP contribution >= 0.6 is 0 Å². The summed E-state index contributed by atoms with van der Waals surface area (Å²) in [7, 11) is 0. The van der Waals surface area contributed by atoms with Crippen molar-refractivity contribution in [2.75, 3.05) is 19.7 Å². The van der Waals surface area contributed by atoms with E-state index in [1.165, 1.54) is 24.9 Å². The van der Waals surface area contributed by atoms with Crippen LogP contribution < -0.4 is 10.1 Å². The first-order valence-electron chi connectivity index (χ1n) is 8.04. The first kappa shape index (κ1) is 12.7. The fourth-order valence-electron chi connectivity index (χ4n) is 3.83. The zero-order chi connectivity index (χ0) is 13.5. The zero-order valence-corrected chi connectivity index (χ0v) is 12.2. The average Bonchev–Trinajstić information content (AvgIpc) is 3.32. The van der Waals surface area contributed by atoms with Crippen LogP contribution in [0.5, 0.6) is 5.75 Å². The molecule has 0 radical (unpaired) electrons. The van der Waals surface area contributed by atoms with Gasteiger partial charge in [-0.05, 0) is 31.7 Å². The molecule has 4 rings (SSSR count). The summed E-state index contributed by atoms with van der Waals surface area (Å²) in [6.07, 6.45) is 3.97. The van der Waals surface area contributed by atoms with E-state index in [0.29, 0.717) is 18.1 Å². The number of benzene rings is 1. The number of nitrogens with one attached hydrogen (secondary N) is 1. The minimum absolute atomic E-state index is 0.540. The molecule has 3 unspecified atom stereocenters. The van der Waals surface area contributed by atoms with Crippen LogP contribution in [0.15, 0.2) is 24.3 Å². The Bertz CT molecular complexity index is 486. The van der Waals surface area contributed by atoms with Crippen molar-refractivity contribution < 1.29 is 4.74 Å². The summed E-state index contributed by atoms with van der Waals surface area (Å²) in [5.41, 5.74) is 1.39. The molecule has 0 amide bonds. The van der Waals surface area contributed by atoms with E-state index < -0.39 is 0 Å². The molecule has 0 bridgehead atoms. The highest BCUT2D eigenvalue weighted by Crippen LogP contribution is 2.40. The Hall–Kier alpha value is -1.06. The van der Waals surface area contributed by atoms with Gasteiger partial charge in [-0.2, -0.15) is 0 Å². The largest absolute Gasteiger partial charge is 0.493 e. The Morgan fingerprint density at radius 1 is 1.20 bits per heavy atom. The summed E-state index contributed by atoms with van der Waals surface area (Å²) in [6.45, 7) is 5.53. The maximum absolute atomic E-state index is 5.82. The molecule has 1 aliphatic carbocycles. The highest BCUT2D eigenvalue weighted by atomic mass is 16.5. The second-order valence-electron chi connectivity index (χ2n) is 6.59. The van der Waals surface area contributed by atoms with Crippen molar-refractivity contribution in [3.8, 4) is 5.75 Å². The monoisotopic (exact) mass is 272 g/mol. The number of piperazine rings is 1. The highest BCUT2D eigenvalue weighted by molar-refractivity contribution is 5.37. The Kier molecular flexibility index (Phi) is 3.20. The van der Waals surface area contributed by atoms with Crippen LogP contribution in [0.1, 0.15) is 37.8 Å². The first-order valence-corrected chi connectivity index (χ1v) is 8.04. The summed E-state index contributed by atoms with van der Waals surface area (Å²) >= 11 is 0. The number of hydrogen-bond acceptors (Lipinski definition) is 3. The molecule has 2 fully saturated rings. The number of fused-ring (bicyclic) bond motifs is 1. The quantitative estimate of drug-likeness (QED) is 0.895. The number of hydrogen-bond donors (Lipinski definition) is 1. The molecule has 1 aromatic carbocycles. The fourth-order valence-corrected chi connectivity index (χ4v) is 3.83. The van der Waals surface area contributed by atoms with Crippen molar-refractivity contribution >= 4 is 0 Å². The molecule has 1 aromatic rings. The Morgan fingerprint density at radius 3 is 2.90 bits per heavy atom. The van der Waals surface area contributed by atoms with Gasteiger partial charge in [0.05, 0.1) is 6.61 Å². The van der Waals surface area contributed by atoms with Gasteiger partial charge >= 0.3 is 0 Å². The van der Waals surface area contributed by atoms with Crippen molar-refractivity contribution in [1.82, 2.24) is 10.2 Å². The van der Waals surface area contributed by atoms with Gasteiger partial charge in [0.1, 0.15) is 5.75 Å². The second kappa shape index (κ2) is 5.05. The van der Waals surface area contributed by atoms with Crippen LogP contribution in [-0.4, -0.2) is 36.7 Å². The third-order valence-electron chi connectivity index (χ3n) is 5.17. The number of nitrogens with zero attached hydrogens (tertiary/aromatic N) is 1. The SMILES string of the molecule is CC1CNC(C2CC2)CN1C1CCOc2ccccc21. The number of rotatable bonds is 2. The number of ether oxygens (including phenoxy) is 1. The lowest BCUT2D eigenvalue weighted by Gasteiger charge is -2.45. The van der Waals surface area contributed by atoms with Gasteiger partial charge in [-0.3, -0.25) is 4.90 Å². The lowest BCUT2D eigenvalue weighted by atomic mass is 9.95. The van der Waals surface area contributed by atoms with Crippen LogP contribution in [0.25, 0.3) is 0 Å². The van der Waals surface area contributed by atoms with E-state index in [-0.39, 0.29) is 0 Å². The topological polar surface area (TPSA) is 24.5 Å². The minimum Gasteiger partial charge on any atom is -0.493 e. The molecule has 3 heteroatoms. The van der Waals surface area contributed by atoms with Gasteiger partial charge in [0.25, 0.3) is 0 Å². The van der Waals surface area contributed by atoms with Crippen LogP contribution in [0, 0.1) is 5.92 Å². The molecule has 0 aromatic heterocycles. The molecule has 0 spiro atoms. The van der Waals surface area contributed by atoms with E-state index >= 15 is 0 Å². The fraction of sp³-hybridized carbons (Fsp3) is 0.647. The molecular weight excluding hydrogens is 248 g/mol. The molecule has 2 aliphatic heterocycles. The van der Waals surface area contributed by atoms with E-state index in [2.05, 4.69) is 41.4 Å². The van der Waals surface area contributed by atoms with Crippen molar-refractivity contribution in [3.05, 3.63) is 29.8 Å². The lowest BCUT2D eigenvalue weighted by Crippen LogP contribution is -2.57. The Labute approximate surface area is 121 Å². The minimum atomic E-state index is 0.540. The van der Waals surface area contributed by atoms with Gasteiger partial charge in [-0.15, -0.1) is 0 Å². The van der Waals surface area contributed by atoms with Crippen LogP contribution in [-0.2, 0) is 0 Å². The molecular formula is C17H24N2O. The molecule has 3 aliphatic rings. The van der Waals surface area contributed by atoms with Gasteiger partial charge < -0.3 is 10.1 Å². The van der Waals surface area contributed by atoms with Crippen LogP contribution in [0.4, 0.5) is 0 Å². The predicted molar refractivity (Wildman–Crippen MR) is 80.0 cm³/mol. The van der Waals surface area contributed by atoms with Gasteiger partial charge in [-0.1, -0.05) is 18.2 Å². The van der Waals surface area contributed by atoms with Gasteiger partial charge in [0.15, 0.2) is 0 Å². The summed E-state index contributed by atoms with van der Waals surface area (Å²) in [5.74, 6) is 2.03. The van der Waals surface area contributed by atoms with Crippen molar-refractivity contribution in [1.29, 1.82) is 0 Å². The molecule has 1 saturated heterocycles. The van der Waals surface area contributed by atoms with Crippen LogP contribution in [0.2, 0.25) is 0 Å². The maximum atomic E-state index is 5.82. The summed E-state index contributed by atoms with van der Waals surface area (Å²) in [6, 6.07) is 10.5. The van der Waals surface area contributed by atoms with Crippen molar-refractivity contribution in [2.45, 2.75) is 44.3 Å². The maximum Gasteiger partial charge on any atom is 0.124 e. The smallest absolute Gasteiger partial charge is 0.124 e. The highest BCUT2D eigenvalue weighted by Gasteiger charge is 2.39. The standard InChI is InChI=1S/C17H24N2O/c1-12-10-18-15(13-6-7-13)11-19(12)16-8-9-20-17-5-3-2-4-14(16)17/h2-5,12-13,15-16,18H,6-11H2,1H3. The summed E-state index contributed by atoms with van der Waals surface area (Å²) in [5, 5.41) is 3.75. The molecule has 3 nitrogen and oxygen atoms in total. The molecule has 2 heterocycles. The zero-order valence-electron chi connectivity index (χ0n) is 12.2. The Morgan fingerprint density at radius 2 is 2.05 bits per heavy atom. The van der Waals surface area contributed by atoms with Gasteiger partial charge in [-0.25, -0.2) is 0 Å². The second-order valence-corrected chi connectivity index (χ2v) is 6.59. The Balaban J connectivity index is 1.59. The average molecular weight is 272 g/mol. The summed E-state index contributed by atoms with van der Waals surface area (Å²) in [4.78, 5) is 2.72. The summed E-state index contributed by atoms with van der Waals surface area (Å²) < 4.78 is 5.82. The predicted octanol–water partition coefficient (Wildman–Crippen LogP) is 2.58. The van der Waals surface area contributed by atoms with Crippen LogP contribution in [0.3, 0.4) is 0 Å². The van der Waals surface area contributed by atoms with E-state index in [9.17, 15) is 0 Å². The first-order chi connectivity index (χ1) is 9.83. The van der Waals surface area contributed by atoms with Gasteiger partial charge in [0, 0.05) is 43.2 Å². The van der Waals surface area contributed by atoms with Crippen molar-refractivity contribution in [3.63, 3.8) is 0 Å². The molecule has 108 valence electrons. The van der Waals surface area contributed by atoms with E-state index in [4.69, 9.17) is 4.74 Å². The normalized spacial score (nSPS) is 34.4. The molecule has 20 heavy (non-hydrogen) atoms. The van der Waals surface area contributed by atoms with E-state index in [0.717, 1.165) is 31.2 Å². The third-order valence-corrected chi connectivity index (χ3v) is 5.17.